The van der Waals surface area contributed by atoms with Gasteiger partial charge in [-0.2, -0.15) is 0 Å². The Bertz CT molecular complexity index is 895. The SMILES string of the molecule is C[C@H]1CCCC[C@]12NC(=O)N(CN1CCC[C@@H]1c1nc3ccccc3s1)C2=O. The number of urea groups is 1. The van der Waals surface area contributed by atoms with Crippen LogP contribution in [0.25, 0.3) is 10.2 Å². The van der Waals surface area contributed by atoms with Crippen LogP contribution in [0.2, 0.25) is 0 Å². The van der Waals surface area contributed by atoms with Crippen molar-refractivity contribution in [3.63, 3.8) is 0 Å². The van der Waals surface area contributed by atoms with Crippen molar-refractivity contribution >= 4 is 33.5 Å². The van der Waals surface area contributed by atoms with Crippen LogP contribution in [-0.2, 0) is 4.79 Å². The fraction of sp³-hybridized carbons (Fsp3) is 0.571. The molecule has 1 aromatic heterocycles. The number of likely N-dealkylation sites (tertiary alicyclic amines) is 1. The lowest BCUT2D eigenvalue weighted by molar-refractivity contribution is -0.135. The van der Waals surface area contributed by atoms with E-state index in [1.165, 1.54) is 9.60 Å². The molecule has 2 saturated heterocycles. The Kier molecular flexibility index (Phi) is 4.39. The summed E-state index contributed by atoms with van der Waals surface area (Å²) in [6.45, 7) is 3.35. The Labute approximate surface area is 168 Å². The van der Waals surface area contributed by atoms with E-state index in [0.29, 0.717) is 6.67 Å². The van der Waals surface area contributed by atoms with Crippen LogP contribution in [0.4, 0.5) is 4.79 Å². The number of nitrogens with zero attached hydrogens (tertiary/aromatic N) is 3. The van der Waals surface area contributed by atoms with Gasteiger partial charge in [-0.05, 0) is 43.7 Å². The van der Waals surface area contributed by atoms with Gasteiger partial charge in [0.25, 0.3) is 5.91 Å². The van der Waals surface area contributed by atoms with Crippen LogP contribution in [0.1, 0.15) is 56.5 Å². The van der Waals surface area contributed by atoms with Gasteiger partial charge in [-0.1, -0.05) is 31.9 Å². The van der Waals surface area contributed by atoms with Gasteiger partial charge in [0.05, 0.1) is 22.9 Å². The number of fused-ring (bicyclic) bond motifs is 1. The van der Waals surface area contributed by atoms with Crippen LogP contribution in [-0.4, -0.2) is 45.5 Å². The van der Waals surface area contributed by atoms with Crippen LogP contribution < -0.4 is 5.32 Å². The lowest BCUT2D eigenvalue weighted by atomic mass is 9.73. The lowest BCUT2D eigenvalue weighted by Crippen LogP contribution is -2.54. The van der Waals surface area contributed by atoms with Crippen molar-refractivity contribution in [2.24, 2.45) is 5.92 Å². The molecule has 3 atom stereocenters. The zero-order valence-corrected chi connectivity index (χ0v) is 17.0. The van der Waals surface area contributed by atoms with E-state index in [1.807, 2.05) is 18.2 Å². The van der Waals surface area contributed by atoms with E-state index in [2.05, 4.69) is 23.2 Å². The molecule has 1 spiro atoms. The van der Waals surface area contributed by atoms with E-state index < -0.39 is 5.54 Å². The topological polar surface area (TPSA) is 65.5 Å². The lowest BCUT2D eigenvalue weighted by Gasteiger charge is -2.37. The Hall–Kier alpha value is -1.99. The molecule has 0 radical (unpaired) electrons. The number of thiazole rings is 1. The summed E-state index contributed by atoms with van der Waals surface area (Å²) in [5.74, 6) is 0.168. The molecular formula is C21H26N4O2S. The van der Waals surface area contributed by atoms with Gasteiger partial charge in [-0.15, -0.1) is 11.3 Å². The molecule has 0 unspecified atom stereocenters. The number of para-hydroxylation sites is 1. The molecular weight excluding hydrogens is 372 g/mol. The number of nitrogens with one attached hydrogen (secondary N) is 1. The van der Waals surface area contributed by atoms with E-state index in [9.17, 15) is 9.59 Å². The molecule has 1 aromatic carbocycles. The van der Waals surface area contributed by atoms with Crippen LogP contribution in [0.15, 0.2) is 24.3 Å². The third-order valence-electron chi connectivity index (χ3n) is 6.78. The summed E-state index contributed by atoms with van der Waals surface area (Å²) in [5.41, 5.74) is 0.347. The number of imide groups is 1. The monoisotopic (exact) mass is 398 g/mol. The maximum atomic E-state index is 13.3. The summed E-state index contributed by atoms with van der Waals surface area (Å²) in [6, 6.07) is 8.14. The van der Waals surface area contributed by atoms with Crippen LogP contribution in [0, 0.1) is 5.92 Å². The first-order valence-electron chi connectivity index (χ1n) is 10.3. The number of aromatic nitrogens is 1. The second-order valence-corrected chi connectivity index (χ2v) is 9.48. The standard InChI is InChI=1S/C21H26N4O2S/c1-14-7-4-5-11-21(14)19(26)25(20(27)23-21)13-24-12-6-9-16(24)18-22-15-8-2-3-10-17(15)28-18/h2-3,8,10,14,16H,4-7,9,11-13H2,1H3,(H,23,27)/t14-,16+,21-/m0/s1. The average Bonchev–Trinajstić information content (AvgIpc) is 3.38. The zero-order chi connectivity index (χ0) is 19.3. The highest BCUT2D eigenvalue weighted by molar-refractivity contribution is 7.18. The minimum atomic E-state index is -0.680. The van der Waals surface area contributed by atoms with Gasteiger partial charge in [0.15, 0.2) is 0 Å². The fourth-order valence-electron chi connectivity index (χ4n) is 5.11. The number of hydrogen-bond acceptors (Lipinski definition) is 5. The van der Waals surface area contributed by atoms with Gasteiger partial charge in [-0.3, -0.25) is 9.69 Å². The minimum absolute atomic E-state index is 0.0281. The van der Waals surface area contributed by atoms with E-state index in [1.54, 1.807) is 11.3 Å². The summed E-state index contributed by atoms with van der Waals surface area (Å²) in [4.78, 5) is 34.5. The maximum absolute atomic E-state index is 13.3. The molecule has 148 valence electrons. The highest BCUT2D eigenvalue weighted by Gasteiger charge is 2.55. The molecule has 2 aliphatic heterocycles. The largest absolute Gasteiger partial charge is 0.326 e. The van der Waals surface area contributed by atoms with E-state index in [4.69, 9.17) is 4.98 Å². The molecule has 28 heavy (non-hydrogen) atoms. The fourth-order valence-corrected chi connectivity index (χ4v) is 6.25. The van der Waals surface area contributed by atoms with Crippen LogP contribution in [0.5, 0.6) is 0 Å². The first-order chi connectivity index (χ1) is 13.6. The smallest absolute Gasteiger partial charge is 0.323 e. The zero-order valence-electron chi connectivity index (χ0n) is 16.2. The Balaban J connectivity index is 1.37. The molecule has 1 N–H and O–H groups in total. The Morgan fingerprint density at radius 3 is 2.89 bits per heavy atom. The van der Waals surface area contributed by atoms with Gasteiger partial charge in [0.2, 0.25) is 0 Å². The highest BCUT2D eigenvalue weighted by Crippen LogP contribution is 2.40. The second kappa shape index (κ2) is 6.81. The molecule has 3 amide bonds. The van der Waals surface area contributed by atoms with Crippen molar-refractivity contribution in [2.45, 2.75) is 57.0 Å². The highest BCUT2D eigenvalue weighted by atomic mass is 32.1. The molecule has 6 nitrogen and oxygen atoms in total. The van der Waals surface area contributed by atoms with E-state index in [-0.39, 0.29) is 23.9 Å². The number of carbonyl (C=O) groups is 2. The number of amides is 3. The van der Waals surface area contributed by atoms with Crippen molar-refractivity contribution in [3.8, 4) is 0 Å². The second-order valence-electron chi connectivity index (χ2n) is 8.41. The van der Waals surface area contributed by atoms with Crippen molar-refractivity contribution in [1.82, 2.24) is 20.1 Å². The maximum Gasteiger partial charge on any atom is 0.326 e. The normalized spacial score (nSPS) is 31.2. The van der Waals surface area contributed by atoms with Crippen molar-refractivity contribution in [3.05, 3.63) is 29.3 Å². The van der Waals surface area contributed by atoms with Gasteiger partial charge in [0.1, 0.15) is 10.5 Å². The van der Waals surface area contributed by atoms with Gasteiger partial charge >= 0.3 is 6.03 Å². The molecule has 1 aliphatic carbocycles. The predicted molar refractivity (Wildman–Crippen MR) is 109 cm³/mol. The molecule has 5 rings (SSSR count). The summed E-state index contributed by atoms with van der Waals surface area (Å²) in [7, 11) is 0. The van der Waals surface area contributed by atoms with Crippen molar-refractivity contribution < 1.29 is 9.59 Å². The quantitative estimate of drug-likeness (QED) is 0.797. The van der Waals surface area contributed by atoms with Crippen LogP contribution >= 0.6 is 11.3 Å². The predicted octanol–water partition coefficient (Wildman–Crippen LogP) is 3.89. The van der Waals surface area contributed by atoms with Crippen LogP contribution in [0.3, 0.4) is 0 Å². The Morgan fingerprint density at radius 1 is 1.21 bits per heavy atom. The summed E-state index contributed by atoms with van der Waals surface area (Å²) >= 11 is 1.72. The average molecular weight is 399 g/mol. The summed E-state index contributed by atoms with van der Waals surface area (Å²) in [5, 5.41) is 4.16. The molecule has 2 aromatic rings. The molecule has 3 heterocycles. The molecule has 1 saturated carbocycles. The molecule has 7 heteroatoms. The summed E-state index contributed by atoms with van der Waals surface area (Å²) < 4.78 is 1.19. The minimum Gasteiger partial charge on any atom is -0.323 e. The Morgan fingerprint density at radius 2 is 2.07 bits per heavy atom. The number of benzene rings is 1. The first-order valence-corrected chi connectivity index (χ1v) is 11.1. The molecule has 0 bridgehead atoms. The number of hydrogen-bond donors (Lipinski definition) is 1. The number of rotatable bonds is 3. The van der Waals surface area contributed by atoms with Gasteiger partial charge in [-0.25, -0.2) is 14.7 Å². The third-order valence-corrected chi connectivity index (χ3v) is 7.92. The molecule has 3 fully saturated rings. The third kappa shape index (κ3) is 2.75. The summed E-state index contributed by atoms with van der Waals surface area (Å²) in [6.07, 6.45) is 5.98. The van der Waals surface area contributed by atoms with Crippen molar-refractivity contribution in [2.75, 3.05) is 13.2 Å². The first kappa shape index (κ1) is 18.1. The number of carbonyl (C=O) groups excluding carboxylic acids is 2. The van der Waals surface area contributed by atoms with E-state index >= 15 is 0 Å². The van der Waals surface area contributed by atoms with E-state index in [0.717, 1.165) is 55.6 Å². The van der Waals surface area contributed by atoms with Gasteiger partial charge in [0, 0.05) is 6.54 Å². The molecule has 3 aliphatic rings. The van der Waals surface area contributed by atoms with Gasteiger partial charge < -0.3 is 5.32 Å². The van der Waals surface area contributed by atoms with Crippen molar-refractivity contribution in [1.29, 1.82) is 0 Å².